The molecule has 0 spiro atoms. The lowest BCUT2D eigenvalue weighted by atomic mass is 9.91. The minimum atomic E-state index is -0.883. The van der Waals surface area contributed by atoms with Crippen LogP contribution in [0.15, 0.2) is 41.2 Å². The summed E-state index contributed by atoms with van der Waals surface area (Å²) < 4.78 is 20.8. The molecule has 0 bridgehead atoms. The first-order chi connectivity index (χ1) is 13.2. The van der Waals surface area contributed by atoms with Crippen LogP contribution in [0.3, 0.4) is 0 Å². The van der Waals surface area contributed by atoms with Crippen molar-refractivity contribution in [3.8, 4) is 0 Å². The fraction of sp³-hybridized carbons (Fsp3) is 0.421. The molecule has 1 aliphatic rings. The second-order valence-corrected chi connectivity index (χ2v) is 6.58. The predicted molar refractivity (Wildman–Crippen MR) is 101 cm³/mol. The summed E-state index contributed by atoms with van der Waals surface area (Å²) in [5.41, 5.74) is 1.58. The highest BCUT2D eigenvalue weighted by Crippen LogP contribution is 2.41. The maximum absolute atomic E-state index is 12.1. The molecule has 8 nitrogen and oxygen atoms in total. The van der Waals surface area contributed by atoms with Gasteiger partial charge in [0.25, 0.3) is 0 Å². The van der Waals surface area contributed by atoms with Crippen LogP contribution in [0.25, 0.3) is 0 Å². The molecule has 1 N–H and O–H groups in total. The molecule has 1 atom stereocenters. The van der Waals surface area contributed by atoms with Gasteiger partial charge in [0.05, 0.1) is 24.1 Å². The Morgan fingerprint density at radius 1 is 1.18 bits per heavy atom. The topological polar surface area (TPSA) is 96.0 Å². The Hall–Kier alpha value is -2.74. The zero-order valence-electron chi connectivity index (χ0n) is 16.4. The van der Waals surface area contributed by atoms with Crippen LogP contribution in [0.1, 0.15) is 46.1 Å². The van der Waals surface area contributed by atoms with Gasteiger partial charge in [0, 0.05) is 11.8 Å². The fourth-order valence-electron chi connectivity index (χ4n) is 2.67. The van der Waals surface area contributed by atoms with E-state index in [1.165, 1.54) is 6.20 Å². The first-order valence-corrected chi connectivity index (χ1v) is 9.14. The van der Waals surface area contributed by atoms with Crippen molar-refractivity contribution in [1.29, 1.82) is 0 Å². The van der Waals surface area contributed by atoms with Crippen molar-refractivity contribution in [2.24, 2.45) is 0 Å². The molecule has 152 valence electrons. The lowest BCUT2D eigenvalue weighted by Crippen LogP contribution is -2.29. The Kier molecular flexibility index (Phi) is 7.28. The van der Waals surface area contributed by atoms with Crippen molar-refractivity contribution >= 4 is 23.9 Å². The Labute approximate surface area is 168 Å². The minimum Gasteiger partial charge on any atom is -0.434 e. The molecule has 1 unspecified atom stereocenters. The van der Waals surface area contributed by atoms with E-state index in [9.17, 15) is 9.59 Å². The van der Waals surface area contributed by atoms with Gasteiger partial charge in [0.2, 0.25) is 0 Å². The number of carbonyl (C=O) groups excluding carboxylic acids is 2. The Morgan fingerprint density at radius 3 is 2.32 bits per heavy atom. The molecule has 0 amide bonds. The Bertz CT molecular complexity index is 818. The molecule has 0 fully saturated rings. The highest BCUT2D eigenvalue weighted by Gasteiger charge is 2.37. The highest BCUT2D eigenvalue weighted by molar-refractivity contribution is 6.30. The number of dihydropyridines is 1. The third-order valence-electron chi connectivity index (χ3n) is 3.72. The number of hydrogen-bond donors (Lipinski definition) is 1. The molecule has 0 saturated heterocycles. The van der Waals surface area contributed by atoms with Crippen LogP contribution >= 0.6 is 11.6 Å². The molecule has 2 heterocycles. The van der Waals surface area contributed by atoms with E-state index in [2.05, 4.69) is 10.3 Å². The second-order valence-electron chi connectivity index (χ2n) is 6.22. The Balaban J connectivity index is 2.49. The first kappa shape index (κ1) is 21.6. The number of nitrogens with one attached hydrogen (secondary N) is 1. The normalized spacial score (nSPS) is 16.6. The van der Waals surface area contributed by atoms with Gasteiger partial charge >= 0.3 is 12.3 Å². The predicted octanol–water partition coefficient (Wildman–Crippen LogP) is 4.62. The minimum absolute atomic E-state index is 0.149. The van der Waals surface area contributed by atoms with Crippen molar-refractivity contribution in [3.63, 3.8) is 0 Å². The van der Waals surface area contributed by atoms with Gasteiger partial charge in [0.1, 0.15) is 22.6 Å². The lowest BCUT2D eigenvalue weighted by Gasteiger charge is -2.30. The molecule has 2 rings (SSSR count). The van der Waals surface area contributed by atoms with E-state index < -0.39 is 18.2 Å². The number of nitrogens with zero attached hydrogens (tertiary/aromatic N) is 1. The summed E-state index contributed by atoms with van der Waals surface area (Å²) in [6.45, 7) is 8.67. The summed E-state index contributed by atoms with van der Waals surface area (Å²) in [5.74, 6) is -0.427. The molecule has 9 heteroatoms. The maximum Gasteiger partial charge on any atom is 0.513 e. The third-order valence-corrected chi connectivity index (χ3v) is 4.03. The molecular formula is C19H23ClN2O6. The summed E-state index contributed by atoms with van der Waals surface area (Å²) in [6, 6.07) is 3.39. The lowest BCUT2D eigenvalue weighted by molar-refractivity contribution is 0.0459. The van der Waals surface area contributed by atoms with Gasteiger partial charge in [-0.25, -0.2) is 14.6 Å². The first-order valence-electron chi connectivity index (χ1n) is 8.76. The van der Waals surface area contributed by atoms with Crippen LogP contribution in [0, 0.1) is 0 Å². The number of pyridine rings is 1. The van der Waals surface area contributed by atoms with Crippen molar-refractivity contribution in [2.75, 3.05) is 6.61 Å². The van der Waals surface area contributed by atoms with Crippen LogP contribution in [-0.2, 0) is 18.9 Å². The molecule has 0 saturated carbocycles. The monoisotopic (exact) mass is 410 g/mol. The van der Waals surface area contributed by atoms with Crippen LogP contribution < -0.4 is 5.32 Å². The quantitative estimate of drug-likeness (QED) is 0.554. The summed E-state index contributed by atoms with van der Waals surface area (Å²) in [6.07, 6.45) is -0.601. The van der Waals surface area contributed by atoms with Gasteiger partial charge in [-0.05, 0) is 40.7 Å². The highest BCUT2D eigenvalue weighted by atomic mass is 35.5. The molecule has 0 radical (unpaired) electrons. The van der Waals surface area contributed by atoms with E-state index in [1.807, 2.05) is 0 Å². The average Bonchev–Trinajstić information content (AvgIpc) is 2.59. The van der Waals surface area contributed by atoms with E-state index >= 15 is 0 Å². The molecule has 0 aromatic carbocycles. The molecule has 1 aliphatic heterocycles. The number of ether oxygens (including phenoxy) is 4. The molecule has 0 aliphatic carbocycles. The van der Waals surface area contributed by atoms with Crippen LogP contribution in [0.4, 0.5) is 9.59 Å². The number of hydrogen-bond acceptors (Lipinski definition) is 8. The van der Waals surface area contributed by atoms with Gasteiger partial charge in [-0.1, -0.05) is 17.7 Å². The second kappa shape index (κ2) is 9.45. The van der Waals surface area contributed by atoms with Crippen molar-refractivity contribution in [1.82, 2.24) is 10.3 Å². The van der Waals surface area contributed by atoms with E-state index in [-0.39, 0.29) is 29.4 Å². The number of allylic oxidation sites excluding steroid dienone is 2. The van der Waals surface area contributed by atoms with E-state index in [0.717, 1.165) is 0 Å². The SMILES string of the molecule is CCOC(=O)OC1=C(C)NC(C)=C(OC(=O)OC(C)C)C1c1cccnc1Cl. The molecule has 28 heavy (non-hydrogen) atoms. The van der Waals surface area contributed by atoms with E-state index in [1.54, 1.807) is 46.8 Å². The van der Waals surface area contributed by atoms with Crippen molar-refractivity contribution in [2.45, 2.75) is 46.6 Å². The summed E-state index contributed by atoms with van der Waals surface area (Å²) in [7, 11) is 0. The number of rotatable bonds is 5. The maximum atomic E-state index is 12.1. The molecular weight excluding hydrogens is 388 g/mol. The number of carbonyl (C=O) groups is 2. The van der Waals surface area contributed by atoms with Crippen LogP contribution in [0.2, 0.25) is 5.15 Å². The van der Waals surface area contributed by atoms with Crippen molar-refractivity contribution in [3.05, 3.63) is 52.0 Å². The van der Waals surface area contributed by atoms with Crippen molar-refractivity contribution < 1.29 is 28.5 Å². The summed E-state index contributed by atoms with van der Waals surface area (Å²) in [5, 5.41) is 3.21. The fourth-order valence-corrected chi connectivity index (χ4v) is 2.90. The van der Waals surface area contributed by atoms with Crippen LogP contribution in [0.5, 0.6) is 0 Å². The van der Waals surface area contributed by atoms with Gasteiger partial charge < -0.3 is 24.3 Å². The molecule has 1 aromatic rings. The number of halogens is 1. The zero-order valence-corrected chi connectivity index (χ0v) is 17.1. The largest absolute Gasteiger partial charge is 0.513 e. The smallest absolute Gasteiger partial charge is 0.434 e. The Morgan fingerprint density at radius 2 is 1.79 bits per heavy atom. The van der Waals surface area contributed by atoms with Gasteiger partial charge in [-0.15, -0.1) is 0 Å². The van der Waals surface area contributed by atoms with Gasteiger partial charge in [-0.2, -0.15) is 0 Å². The average molecular weight is 411 g/mol. The zero-order chi connectivity index (χ0) is 20.8. The molecule has 1 aromatic heterocycles. The third kappa shape index (κ3) is 5.16. The van der Waals surface area contributed by atoms with Crippen LogP contribution in [-0.4, -0.2) is 30.0 Å². The van der Waals surface area contributed by atoms with Gasteiger partial charge in [0.15, 0.2) is 0 Å². The number of aromatic nitrogens is 1. The summed E-state index contributed by atoms with van der Waals surface area (Å²) in [4.78, 5) is 28.2. The van der Waals surface area contributed by atoms with E-state index in [4.69, 9.17) is 30.5 Å². The summed E-state index contributed by atoms with van der Waals surface area (Å²) >= 11 is 6.28. The van der Waals surface area contributed by atoms with E-state index in [0.29, 0.717) is 17.0 Å². The standard InChI is InChI=1S/C19H23ClN2O6/c1-6-25-18(23)27-15-11(4)22-12(5)16(28-19(24)26-10(2)3)14(15)13-8-7-9-21-17(13)20/h7-10,14,22H,6H2,1-5H3. The van der Waals surface area contributed by atoms with Gasteiger partial charge in [-0.3, -0.25) is 0 Å².